The number of methoxy groups -OCH3 is 5. The summed E-state index contributed by atoms with van der Waals surface area (Å²) in [5.41, 5.74) is 1.97. The van der Waals surface area contributed by atoms with E-state index in [9.17, 15) is 19.2 Å². The summed E-state index contributed by atoms with van der Waals surface area (Å²) in [4.78, 5) is 57.3. The van der Waals surface area contributed by atoms with E-state index in [0.717, 1.165) is 4.90 Å². The fourth-order valence-corrected chi connectivity index (χ4v) is 5.50. The van der Waals surface area contributed by atoms with Gasteiger partial charge in [-0.1, -0.05) is 24.3 Å². The van der Waals surface area contributed by atoms with E-state index in [1.807, 2.05) is 0 Å². The van der Waals surface area contributed by atoms with Crippen LogP contribution < -0.4 is 33.9 Å². The van der Waals surface area contributed by atoms with E-state index in [2.05, 4.69) is 5.32 Å². The fourth-order valence-electron chi connectivity index (χ4n) is 5.50. The van der Waals surface area contributed by atoms with Crippen molar-refractivity contribution in [3.63, 3.8) is 0 Å². The maximum Gasteiger partial charge on any atom is 0.299 e. The van der Waals surface area contributed by atoms with Gasteiger partial charge in [0.05, 0.1) is 46.8 Å². The van der Waals surface area contributed by atoms with Crippen LogP contribution in [-0.2, 0) is 20.9 Å². The molecule has 4 aromatic carbocycles. The molecule has 12 heteroatoms. The predicted molar refractivity (Wildman–Crippen MR) is 177 cm³/mol. The van der Waals surface area contributed by atoms with Gasteiger partial charge < -0.3 is 33.9 Å². The second kappa shape index (κ2) is 14.6. The number of carbonyl (C=O) groups is 4. The van der Waals surface area contributed by atoms with Gasteiger partial charge in [0.2, 0.25) is 11.7 Å². The highest BCUT2D eigenvalue weighted by molar-refractivity contribution is 6.52. The summed E-state index contributed by atoms with van der Waals surface area (Å²) >= 11 is 0. The molecule has 0 spiro atoms. The van der Waals surface area contributed by atoms with Crippen LogP contribution >= 0.6 is 0 Å². The molecule has 0 unspecified atom stereocenters. The van der Waals surface area contributed by atoms with Gasteiger partial charge in [0.15, 0.2) is 11.5 Å². The van der Waals surface area contributed by atoms with Crippen LogP contribution in [-0.4, -0.2) is 70.5 Å². The normalized spacial score (nSPS) is 12.6. The molecule has 0 saturated heterocycles. The molecule has 248 valence electrons. The maximum absolute atomic E-state index is 14.5. The van der Waals surface area contributed by atoms with Crippen molar-refractivity contribution in [2.24, 2.45) is 0 Å². The molecule has 5 rings (SSSR count). The molecule has 0 bridgehead atoms. The van der Waals surface area contributed by atoms with Crippen molar-refractivity contribution in [2.75, 3.05) is 52.3 Å². The summed E-state index contributed by atoms with van der Waals surface area (Å²) in [6, 6.07) is 22.1. The van der Waals surface area contributed by atoms with Gasteiger partial charge in [-0.25, -0.2) is 0 Å². The van der Waals surface area contributed by atoms with E-state index in [1.54, 1.807) is 86.0 Å². The standard InChI is InChI=1S/C36H35N3O9/c1-44-25-14-10-22(11-15-25)20-39(31(40)21-38-28-9-7-6-8-27(28)33(41)36(38)43)32(35(42)37-24-12-16-26(45-2)17-13-24)23-18-29(46-3)34(48-5)30(19-23)47-4/h6-19,32H,20-21H2,1-5H3,(H,37,42)/t32-/m0/s1. The van der Waals surface area contributed by atoms with Crippen molar-refractivity contribution >= 4 is 34.9 Å². The third kappa shape index (κ3) is 6.73. The van der Waals surface area contributed by atoms with E-state index < -0.39 is 36.1 Å². The average molecular weight is 654 g/mol. The molecule has 12 nitrogen and oxygen atoms in total. The van der Waals surface area contributed by atoms with E-state index in [4.69, 9.17) is 23.7 Å². The largest absolute Gasteiger partial charge is 0.497 e. The van der Waals surface area contributed by atoms with Crippen LogP contribution in [0.25, 0.3) is 0 Å². The van der Waals surface area contributed by atoms with Gasteiger partial charge in [0, 0.05) is 12.2 Å². The van der Waals surface area contributed by atoms with Crippen molar-refractivity contribution in [1.82, 2.24) is 4.90 Å². The van der Waals surface area contributed by atoms with Gasteiger partial charge in [-0.15, -0.1) is 0 Å². The van der Waals surface area contributed by atoms with Crippen LogP contribution in [0.5, 0.6) is 28.7 Å². The first-order valence-corrected chi connectivity index (χ1v) is 14.8. The summed E-state index contributed by atoms with van der Waals surface area (Å²) in [6.07, 6.45) is 0. The Morgan fingerprint density at radius 1 is 0.750 bits per heavy atom. The minimum atomic E-state index is -1.29. The number of nitrogens with one attached hydrogen (secondary N) is 1. The zero-order valence-electron chi connectivity index (χ0n) is 27.1. The molecule has 1 heterocycles. The second-order valence-electron chi connectivity index (χ2n) is 10.7. The molecule has 1 aliphatic heterocycles. The Balaban J connectivity index is 1.63. The van der Waals surface area contributed by atoms with Gasteiger partial charge in [-0.3, -0.25) is 24.1 Å². The predicted octanol–water partition coefficient (Wildman–Crippen LogP) is 4.67. The molecule has 48 heavy (non-hydrogen) atoms. The summed E-state index contributed by atoms with van der Waals surface area (Å²) < 4.78 is 27.2. The lowest BCUT2D eigenvalue weighted by atomic mass is 10.0. The van der Waals surface area contributed by atoms with E-state index in [-0.39, 0.29) is 23.6 Å². The molecule has 1 aliphatic rings. The van der Waals surface area contributed by atoms with E-state index >= 15 is 0 Å². The third-order valence-electron chi connectivity index (χ3n) is 7.92. The first-order chi connectivity index (χ1) is 23.2. The molecule has 0 radical (unpaired) electrons. The summed E-state index contributed by atoms with van der Waals surface area (Å²) in [5.74, 6) is -0.694. The first kappa shape index (κ1) is 33.3. The number of amides is 3. The number of hydrogen-bond acceptors (Lipinski definition) is 9. The Hall–Kier alpha value is -6.04. The number of hydrogen-bond donors (Lipinski definition) is 1. The molecule has 1 N–H and O–H groups in total. The molecule has 0 aromatic heterocycles. The van der Waals surface area contributed by atoms with Gasteiger partial charge in [0.1, 0.15) is 24.1 Å². The lowest BCUT2D eigenvalue weighted by Crippen LogP contribution is -2.46. The Labute approximate surface area is 277 Å². The smallest absolute Gasteiger partial charge is 0.299 e. The van der Waals surface area contributed by atoms with Crippen LogP contribution in [0.15, 0.2) is 84.9 Å². The molecule has 3 amide bonds. The highest BCUT2D eigenvalue weighted by atomic mass is 16.5. The van der Waals surface area contributed by atoms with Gasteiger partial charge in [0.25, 0.3) is 17.6 Å². The number of nitrogens with zero attached hydrogens (tertiary/aromatic N) is 2. The number of carbonyl (C=O) groups excluding carboxylic acids is 4. The number of benzene rings is 4. The molecular weight excluding hydrogens is 618 g/mol. The molecule has 1 atom stereocenters. The lowest BCUT2D eigenvalue weighted by Gasteiger charge is -2.33. The van der Waals surface area contributed by atoms with Crippen LogP contribution in [0.4, 0.5) is 11.4 Å². The van der Waals surface area contributed by atoms with Crippen LogP contribution in [0.1, 0.15) is 27.5 Å². The number of rotatable bonds is 13. The van der Waals surface area contributed by atoms with E-state index in [0.29, 0.717) is 39.8 Å². The van der Waals surface area contributed by atoms with Crippen LogP contribution in [0.2, 0.25) is 0 Å². The van der Waals surface area contributed by atoms with Crippen molar-refractivity contribution in [3.05, 3.63) is 102 Å². The van der Waals surface area contributed by atoms with Gasteiger partial charge >= 0.3 is 0 Å². The zero-order chi connectivity index (χ0) is 34.4. The van der Waals surface area contributed by atoms with Crippen LogP contribution in [0, 0.1) is 0 Å². The summed E-state index contributed by atoms with van der Waals surface area (Å²) in [5, 5.41) is 2.90. The molecule has 0 saturated carbocycles. The molecule has 0 fully saturated rings. The maximum atomic E-state index is 14.5. The average Bonchev–Trinajstić information content (AvgIpc) is 3.35. The third-order valence-corrected chi connectivity index (χ3v) is 7.92. The first-order valence-electron chi connectivity index (χ1n) is 14.8. The van der Waals surface area contributed by atoms with Gasteiger partial charge in [-0.2, -0.15) is 0 Å². The van der Waals surface area contributed by atoms with Crippen molar-refractivity contribution in [1.29, 1.82) is 0 Å². The lowest BCUT2D eigenvalue weighted by molar-refractivity contribution is -0.139. The monoisotopic (exact) mass is 653 g/mol. The van der Waals surface area contributed by atoms with Crippen molar-refractivity contribution < 1.29 is 42.9 Å². The quantitative estimate of drug-likeness (QED) is 0.205. The topological polar surface area (TPSA) is 133 Å². The Morgan fingerprint density at radius 2 is 1.33 bits per heavy atom. The summed E-state index contributed by atoms with van der Waals surface area (Å²) in [7, 11) is 7.43. The molecule has 0 aliphatic carbocycles. The second-order valence-corrected chi connectivity index (χ2v) is 10.7. The number of Topliss-reactive ketones (excluding diaryl/α,β-unsaturated/α-hetero) is 1. The van der Waals surface area contributed by atoms with Gasteiger partial charge in [-0.05, 0) is 71.8 Å². The van der Waals surface area contributed by atoms with Crippen LogP contribution in [0.3, 0.4) is 0 Å². The summed E-state index contributed by atoms with van der Waals surface area (Å²) in [6.45, 7) is -0.563. The van der Waals surface area contributed by atoms with Crippen molar-refractivity contribution in [2.45, 2.75) is 12.6 Å². The molecular formula is C36H35N3O9. The highest BCUT2D eigenvalue weighted by Gasteiger charge is 2.40. The van der Waals surface area contributed by atoms with Crippen molar-refractivity contribution in [3.8, 4) is 28.7 Å². The minimum absolute atomic E-state index is 0.0577. The van der Waals surface area contributed by atoms with E-state index in [1.165, 1.54) is 39.4 Å². The number of ether oxygens (including phenoxy) is 5. The number of anilines is 2. The molecule has 4 aromatic rings. The fraction of sp³-hybridized carbons (Fsp3) is 0.222. The SMILES string of the molecule is COc1ccc(CN(C(=O)CN2C(=O)C(=O)c3ccccc32)[C@H](C(=O)Nc2ccc(OC)cc2)c2cc(OC)c(OC)c(OC)c2)cc1. The minimum Gasteiger partial charge on any atom is -0.497 e. The Morgan fingerprint density at radius 3 is 1.90 bits per heavy atom. The highest BCUT2D eigenvalue weighted by Crippen LogP contribution is 2.41. The number of ketones is 1. The Bertz CT molecular complexity index is 1800. The number of fused-ring (bicyclic) bond motifs is 1. The number of para-hydroxylation sites is 1. The Kier molecular flexibility index (Phi) is 10.1. The zero-order valence-corrected chi connectivity index (χ0v) is 27.1.